The van der Waals surface area contributed by atoms with Gasteiger partial charge in [-0.3, -0.25) is 14.3 Å². The minimum absolute atomic E-state index is 0.0791. The van der Waals surface area contributed by atoms with Gasteiger partial charge in [0.05, 0.1) is 18.3 Å². The van der Waals surface area contributed by atoms with Gasteiger partial charge in [-0.1, -0.05) is 6.42 Å². The Kier molecular flexibility index (Phi) is 4.92. The lowest BCUT2D eigenvalue weighted by atomic mass is 10.0. The molecule has 0 unspecified atom stereocenters. The van der Waals surface area contributed by atoms with Crippen LogP contribution in [0.25, 0.3) is 0 Å². The van der Waals surface area contributed by atoms with Crippen LogP contribution < -0.4 is 0 Å². The molecule has 0 bridgehead atoms. The van der Waals surface area contributed by atoms with Gasteiger partial charge >= 0.3 is 0 Å². The van der Waals surface area contributed by atoms with E-state index in [2.05, 4.69) is 12.0 Å². The molecule has 3 heterocycles. The molecule has 0 N–H and O–H groups in total. The number of aryl methyl sites for hydroxylation is 2. The Labute approximate surface area is 143 Å². The van der Waals surface area contributed by atoms with Gasteiger partial charge in [0.1, 0.15) is 0 Å². The Morgan fingerprint density at radius 2 is 1.96 bits per heavy atom. The number of aromatic nitrogens is 2. The smallest absolute Gasteiger partial charge is 0.242 e. The molecule has 0 aromatic carbocycles. The Balaban J connectivity index is 1.75. The third-order valence-corrected chi connectivity index (χ3v) is 5.47. The van der Waals surface area contributed by atoms with Crippen LogP contribution in [0, 0.1) is 13.8 Å². The van der Waals surface area contributed by atoms with E-state index in [1.807, 2.05) is 23.6 Å². The quantitative estimate of drug-likeness (QED) is 0.852. The third kappa shape index (κ3) is 3.19. The fourth-order valence-corrected chi connectivity index (χ4v) is 4.10. The number of hydrogen-bond donors (Lipinski definition) is 0. The summed E-state index contributed by atoms with van der Waals surface area (Å²) in [6, 6.07) is 0.105. The zero-order chi connectivity index (χ0) is 17.3. The van der Waals surface area contributed by atoms with Crippen LogP contribution in [0.3, 0.4) is 0 Å². The second-order valence-electron chi connectivity index (χ2n) is 7.08. The van der Waals surface area contributed by atoms with Crippen LogP contribution in [-0.4, -0.2) is 51.0 Å². The highest BCUT2D eigenvalue weighted by molar-refractivity contribution is 5.85. The first-order chi connectivity index (χ1) is 11.5. The van der Waals surface area contributed by atoms with Gasteiger partial charge < -0.3 is 9.80 Å². The van der Waals surface area contributed by atoms with Crippen LogP contribution in [0.1, 0.15) is 61.5 Å². The first-order valence-corrected chi connectivity index (χ1v) is 9.06. The standard InChI is InChI=1S/C18H28N4O2/c1-13-18(14(2)20(3)19-13)15-8-7-11-22(15)17(24)12-21-10-6-4-5-9-16(21)23/h15H,4-12H2,1-3H3/t15-/m0/s1. The monoisotopic (exact) mass is 332 g/mol. The van der Waals surface area contributed by atoms with Crippen molar-refractivity contribution < 1.29 is 9.59 Å². The fourth-order valence-electron chi connectivity index (χ4n) is 4.10. The molecular weight excluding hydrogens is 304 g/mol. The van der Waals surface area contributed by atoms with Gasteiger partial charge in [0.15, 0.2) is 0 Å². The van der Waals surface area contributed by atoms with E-state index in [0.29, 0.717) is 13.0 Å². The van der Waals surface area contributed by atoms with Crippen molar-refractivity contribution in [2.75, 3.05) is 19.6 Å². The molecule has 0 spiro atoms. The van der Waals surface area contributed by atoms with Crippen molar-refractivity contribution in [3.05, 3.63) is 17.0 Å². The summed E-state index contributed by atoms with van der Waals surface area (Å²) in [6.07, 6.45) is 5.60. The first kappa shape index (κ1) is 17.0. The second-order valence-corrected chi connectivity index (χ2v) is 7.08. The van der Waals surface area contributed by atoms with E-state index in [0.717, 1.165) is 50.0 Å². The summed E-state index contributed by atoms with van der Waals surface area (Å²) in [5, 5.41) is 4.50. The molecule has 6 nitrogen and oxygen atoms in total. The molecule has 2 fully saturated rings. The van der Waals surface area contributed by atoms with Gasteiger partial charge in [-0.05, 0) is 39.5 Å². The number of carbonyl (C=O) groups is 2. The number of rotatable bonds is 3. The molecule has 132 valence electrons. The summed E-state index contributed by atoms with van der Waals surface area (Å²) in [6.45, 7) is 5.80. The van der Waals surface area contributed by atoms with Crippen LogP contribution >= 0.6 is 0 Å². The molecule has 3 rings (SSSR count). The Hall–Kier alpha value is -1.85. The highest BCUT2D eigenvalue weighted by Gasteiger charge is 2.34. The summed E-state index contributed by atoms with van der Waals surface area (Å²) in [5.41, 5.74) is 3.32. The van der Waals surface area contributed by atoms with Crippen LogP contribution in [0.2, 0.25) is 0 Å². The van der Waals surface area contributed by atoms with E-state index in [-0.39, 0.29) is 24.4 Å². The van der Waals surface area contributed by atoms with Gasteiger partial charge in [-0.25, -0.2) is 0 Å². The minimum Gasteiger partial charge on any atom is -0.334 e. The molecule has 0 aliphatic carbocycles. The number of hydrogen-bond acceptors (Lipinski definition) is 3. The van der Waals surface area contributed by atoms with Crippen LogP contribution in [0.5, 0.6) is 0 Å². The summed E-state index contributed by atoms with van der Waals surface area (Å²) in [4.78, 5) is 28.8. The molecule has 24 heavy (non-hydrogen) atoms. The maximum atomic E-state index is 12.9. The predicted octanol–water partition coefficient (Wildman–Crippen LogP) is 2.10. The fraction of sp³-hybridized carbons (Fsp3) is 0.722. The number of likely N-dealkylation sites (tertiary alicyclic amines) is 2. The molecule has 2 aliphatic rings. The van der Waals surface area contributed by atoms with Crippen LogP contribution in [0.15, 0.2) is 0 Å². The Morgan fingerprint density at radius 1 is 1.17 bits per heavy atom. The van der Waals surface area contributed by atoms with E-state index >= 15 is 0 Å². The SMILES string of the molecule is Cc1nn(C)c(C)c1[C@@H]1CCCN1C(=O)CN1CCCCCC1=O. The molecule has 1 aromatic heterocycles. The highest BCUT2D eigenvalue weighted by atomic mass is 16.2. The van der Waals surface area contributed by atoms with Gasteiger partial charge in [0, 0.05) is 37.8 Å². The maximum absolute atomic E-state index is 12.9. The van der Waals surface area contributed by atoms with E-state index in [1.54, 1.807) is 4.90 Å². The molecule has 0 radical (unpaired) electrons. The van der Waals surface area contributed by atoms with Gasteiger partial charge in [0.2, 0.25) is 11.8 Å². The van der Waals surface area contributed by atoms with E-state index in [1.165, 1.54) is 5.56 Å². The van der Waals surface area contributed by atoms with Gasteiger partial charge in [-0.2, -0.15) is 5.10 Å². The van der Waals surface area contributed by atoms with Crippen molar-refractivity contribution in [3.8, 4) is 0 Å². The van der Waals surface area contributed by atoms with E-state index in [4.69, 9.17) is 0 Å². The number of amides is 2. The summed E-state index contributed by atoms with van der Waals surface area (Å²) in [7, 11) is 1.95. The molecule has 2 amide bonds. The van der Waals surface area contributed by atoms with Crippen molar-refractivity contribution in [1.29, 1.82) is 0 Å². The molecule has 2 aliphatic heterocycles. The summed E-state index contributed by atoms with van der Waals surface area (Å²) in [5.74, 6) is 0.209. The molecule has 2 saturated heterocycles. The molecule has 1 aromatic rings. The van der Waals surface area contributed by atoms with Crippen molar-refractivity contribution in [2.45, 2.75) is 58.4 Å². The van der Waals surface area contributed by atoms with E-state index in [9.17, 15) is 9.59 Å². The lowest BCUT2D eigenvalue weighted by Gasteiger charge is -2.28. The van der Waals surface area contributed by atoms with Crippen molar-refractivity contribution in [1.82, 2.24) is 19.6 Å². The van der Waals surface area contributed by atoms with Gasteiger partial charge in [0.25, 0.3) is 0 Å². The molecule has 0 saturated carbocycles. The van der Waals surface area contributed by atoms with Crippen LogP contribution in [-0.2, 0) is 16.6 Å². The largest absolute Gasteiger partial charge is 0.334 e. The summed E-state index contributed by atoms with van der Waals surface area (Å²) < 4.78 is 1.89. The minimum atomic E-state index is 0.0791. The zero-order valence-electron chi connectivity index (χ0n) is 15.0. The Bertz CT molecular complexity index is 637. The zero-order valence-corrected chi connectivity index (χ0v) is 15.0. The average molecular weight is 332 g/mol. The van der Waals surface area contributed by atoms with Crippen molar-refractivity contribution in [2.24, 2.45) is 7.05 Å². The van der Waals surface area contributed by atoms with Crippen molar-refractivity contribution in [3.63, 3.8) is 0 Å². The summed E-state index contributed by atoms with van der Waals surface area (Å²) >= 11 is 0. The van der Waals surface area contributed by atoms with E-state index < -0.39 is 0 Å². The third-order valence-electron chi connectivity index (χ3n) is 5.47. The topological polar surface area (TPSA) is 58.4 Å². The second kappa shape index (κ2) is 6.95. The van der Waals surface area contributed by atoms with Crippen LogP contribution in [0.4, 0.5) is 0 Å². The normalized spacial score (nSPS) is 22.1. The Morgan fingerprint density at radius 3 is 2.67 bits per heavy atom. The predicted molar refractivity (Wildman–Crippen MR) is 91.4 cm³/mol. The maximum Gasteiger partial charge on any atom is 0.242 e. The highest BCUT2D eigenvalue weighted by Crippen LogP contribution is 2.35. The first-order valence-electron chi connectivity index (χ1n) is 9.06. The lowest BCUT2D eigenvalue weighted by molar-refractivity contribution is -0.140. The van der Waals surface area contributed by atoms with Gasteiger partial charge in [-0.15, -0.1) is 0 Å². The molecule has 6 heteroatoms. The van der Waals surface area contributed by atoms with Crippen molar-refractivity contribution >= 4 is 11.8 Å². The average Bonchev–Trinajstić information content (AvgIpc) is 3.03. The number of carbonyl (C=O) groups excluding carboxylic acids is 2. The molecule has 1 atom stereocenters. The lowest BCUT2D eigenvalue weighted by Crippen LogP contribution is -2.42. The molecular formula is C18H28N4O2. The number of nitrogens with zero attached hydrogens (tertiary/aromatic N) is 4.